The van der Waals surface area contributed by atoms with E-state index in [1.165, 1.54) is 6.07 Å². The Kier molecular flexibility index (Phi) is 9.04. The smallest absolute Gasteiger partial charge is 0.191 e. The lowest BCUT2D eigenvalue weighted by atomic mass is 10.0. The summed E-state index contributed by atoms with van der Waals surface area (Å²) in [5.74, 6) is -0.277. The third-order valence-corrected chi connectivity index (χ3v) is 4.72. The van der Waals surface area contributed by atoms with E-state index in [0.717, 1.165) is 50.3 Å². The normalized spacial score (nSPS) is 15.8. The Bertz CT molecular complexity index is 764. The summed E-state index contributed by atoms with van der Waals surface area (Å²) in [5.41, 5.74) is 1.36. The summed E-state index contributed by atoms with van der Waals surface area (Å²) >= 11 is 0. The van der Waals surface area contributed by atoms with Crippen LogP contribution in [0.2, 0.25) is 0 Å². The number of benzene rings is 1. The highest BCUT2D eigenvalue weighted by atomic mass is 127. The van der Waals surface area contributed by atoms with Crippen molar-refractivity contribution in [1.82, 2.24) is 20.5 Å². The van der Waals surface area contributed by atoms with Crippen molar-refractivity contribution in [3.8, 4) is 0 Å². The fourth-order valence-corrected chi connectivity index (χ4v) is 3.20. The maximum atomic E-state index is 13.7. The summed E-state index contributed by atoms with van der Waals surface area (Å²) in [4.78, 5) is 11.0. The van der Waals surface area contributed by atoms with E-state index >= 15 is 0 Å². The molecule has 0 radical (unpaired) electrons. The summed E-state index contributed by atoms with van der Waals surface area (Å²) in [6.07, 6.45) is 3.80. The first-order valence-electron chi connectivity index (χ1n) is 9.17. The van der Waals surface area contributed by atoms with Crippen LogP contribution in [0.5, 0.6) is 0 Å². The molecule has 152 valence electrons. The van der Waals surface area contributed by atoms with Crippen molar-refractivity contribution in [3.63, 3.8) is 0 Å². The molecule has 2 aromatic rings. The van der Waals surface area contributed by atoms with Gasteiger partial charge in [-0.3, -0.25) is 14.9 Å². The number of aromatic nitrogens is 1. The van der Waals surface area contributed by atoms with Gasteiger partial charge in [-0.2, -0.15) is 0 Å². The van der Waals surface area contributed by atoms with Gasteiger partial charge >= 0.3 is 0 Å². The lowest BCUT2D eigenvalue weighted by Gasteiger charge is -2.32. The van der Waals surface area contributed by atoms with Gasteiger partial charge in [0, 0.05) is 51.0 Å². The Hall–Kier alpha value is -1.81. The van der Waals surface area contributed by atoms with Crippen molar-refractivity contribution >= 4 is 29.9 Å². The van der Waals surface area contributed by atoms with Gasteiger partial charge in [0.15, 0.2) is 5.96 Å². The molecule has 5 nitrogen and oxygen atoms in total. The monoisotopic (exact) mass is 501 g/mol. The number of guanidine groups is 1. The second kappa shape index (κ2) is 11.3. The molecule has 1 aromatic heterocycles. The molecule has 0 amide bonds. The number of hydrogen-bond donors (Lipinski definition) is 2. The fourth-order valence-electron chi connectivity index (χ4n) is 3.20. The number of rotatable bonds is 5. The Morgan fingerprint density at radius 2 is 2.00 bits per heavy atom. The third kappa shape index (κ3) is 6.66. The van der Waals surface area contributed by atoms with Gasteiger partial charge in [-0.25, -0.2) is 8.78 Å². The highest BCUT2D eigenvalue weighted by Crippen LogP contribution is 2.13. The van der Waals surface area contributed by atoms with Crippen LogP contribution in [0.15, 0.2) is 47.6 Å². The molecule has 1 fully saturated rings. The van der Waals surface area contributed by atoms with Crippen LogP contribution in [0.3, 0.4) is 0 Å². The van der Waals surface area contributed by atoms with Gasteiger partial charge in [0.25, 0.3) is 0 Å². The van der Waals surface area contributed by atoms with Crippen LogP contribution in [-0.4, -0.2) is 42.0 Å². The minimum Gasteiger partial charge on any atom is -0.354 e. The van der Waals surface area contributed by atoms with Crippen molar-refractivity contribution in [2.45, 2.75) is 32.0 Å². The van der Waals surface area contributed by atoms with Crippen LogP contribution in [0.25, 0.3) is 0 Å². The van der Waals surface area contributed by atoms with E-state index in [0.29, 0.717) is 12.0 Å². The van der Waals surface area contributed by atoms with Gasteiger partial charge in [-0.1, -0.05) is 6.07 Å². The van der Waals surface area contributed by atoms with Crippen LogP contribution < -0.4 is 10.6 Å². The molecule has 3 rings (SSSR count). The van der Waals surface area contributed by atoms with Crippen molar-refractivity contribution in [2.75, 3.05) is 20.1 Å². The second-order valence-electron chi connectivity index (χ2n) is 6.68. The van der Waals surface area contributed by atoms with Gasteiger partial charge < -0.3 is 10.6 Å². The summed E-state index contributed by atoms with van der Waals surface area (Å²) < 4.78 is 27.0. The Morgan fingerprint density at radius 3 is 2.68 bits per heavy atom. The molecule has 0 atom stereocenters. The Morgan fingerprint density at radius 1 is 1.21 bits per heavy atom. The van der Waals surface area contributed by atoms with E-state index in [9.17, 15) is 8.78 Å². The first kappa shape index (κ1) is 22.5. The summed E-state index contributed by atoms with van der Waals surface area (Å²) in [6, 6.07) is 9.73. The number of piperidine rings is 1. The fraction of sp³-hybridized carbons (Fsp3) is 0.400. The van der Waals surface area contributed by atoms with E-state index < -0.39 is 11.6 Å². The van der Waals surface area contributed by atoms with E-state index in [2.05, 4.69) is 25.5 Å². The molecule has 28 heavy (non-hydrogen) atoms. The highest BCUT2D eigenvalue weighted by molar-refractivity contribution is 14.0. The van der Waals surface area contributed by atoms with Crippen molar-refractivity contribution < 1.29 is 8.78 Å². The summed E-state index contributed by atoms with van der Waals surface area (Å²) in [6.45, 7) is 2.99. The number of halogens is 3. The van der Waals surface area contributed by atoms with Crippen LogP contribution in [0, 0.1) is 11.6 Å². The van der Waals surface area contributed by atoms with Gasteiger partial charge in [0.05, 0.1) is 5.69 Å². The molecule has 2 heterocycles. The number of nitrogens with zero attached hydrogens (tertiary/aromatic N) is 3. The largest absolute Gasteiger partial charge is 0.354 e. The number of nitrogens with one attached hydrogen (secondary N) is 2. The van der Waals surface area contributed by atoms with Gasteiger partial charge in [0.2, 0.25) is 0 Å². The first-order valence-corrected chi connectivity index (χ1v) is 9.17. The van der Waals surface area contributed by atoms with Crippen LogP contribution in [0.4, 0.5) is 8.78 Å². The highest BCUT2D eigenvalue weighted by Gasteiger charge is 2.20. The number of hydrogen-bond acceptors (Lipinski definition) is 3. The standard InChI is InChI=1S/C20H25F2N5.HI/c1-23-20(25-13-15-12-16(21)5-6-19(15)22)26-17-7-10-27(11-8-17)14-18-4-2-3-9-24-18;/h2-6,9,12,17H,7-8,10-11,13-14H2,1H3,(H2,23,25,26);1H. The van der Waals surface area contributed by atoms with Gasteiger partial charge in [-0.05, 0) is 43.2 Å². The Balaban J connectivity index is 0.00000280. The molecular weight excluding hydrogens is 475 g/mol. The number of aliphatic imine (C=N–C) groups is 1. The van der Waals surface area contributed by atoms with E-state index in [1.54, 1.807) is 7.05 Å². The molecule has 1 aliphatic heterocycles. The van der Waals surface area contributed by atoms with Crippen molar-refractivity contribution in [1.29, 1.82) is 0 Å². The van der Waals surface area contributed by atoms with Crippen LogP contribution in [0.1, 0.15) is 24.1 Å². The zero-order valence-electron chi connectivity index (χ0n) is 15.9. The number of pyridine rings is 1. The van der Waals surface area contributed by atoms with E-state index in [1.807, 2.05) is 24.4 Å². The zero-order valence-corrected chi connectivity index (χ0v) is 18.2. The molecule has 2 N–H and O–H groups in total. The van der Waals surface area contributed by atoms with Gasteiger partial charge in [-0.15, -0.1) is 24.0 Å². The Labute approximate surface area is 181 Å². The molecule has 0 saturated carbocycles. The lowest BCUT2D eigenvalue weighted by Crippen LogP contribution is -2.48. The summed E-state index contributed by atoms with van der Waals surface area (Å²) in [7, 11) is 1.67. The SMILES string of the molecule is CN=C(NCc1cc(F)ccc1F)NC1CCN(Cc2ccccn2)CC1.I. The number of likely N-dealkylation sites (tertiary alicyclic amines) is 1. The topological polar surface area (TPSA) is 52.6 Å². The molecule has 0 bridgehead atoms. The lowest BCUT2D eigenvalue weighted by molar-refractivity contribution is 0.196. The predicted octanol–water partition coefficient (Wildman–Crippen LogP) is 3.31. The average Bonchev–Trinajstić information content (AvgIpc) is 2.69. The molecule has 0 aliphatic carbocycles. The molecule has 1 aliphatic rings. The van der Waals surface area contributed by atoms with E-state index in [-0.39, 0.29) is 36.1 Å². The predicted molar refractivity (Wildman–Crippen MR) is 118 cm³/mol. The quantitative estimate of drug-likeness (QED) is 0.375. The maximum Gasteiger partial charge on any atom is 0.191 e. The first-order chi connectivity index (χ1) is 13.1. The van der Waals surface area contributed by atoms with Crippen LogP contribution >= 0.6 is 24.0 Å². The summed E-state index contributed by atoms with van der Waals surface area (Å²) in [5, 5.41) is 6.44. The zero-order chi connectivity index (χ0) is 19.1. The molecule has 0 spiro atoms. The van der Waals surface area contributed by atoms with Crippen LogP contribution in [-0.2, 0) is 13.1 Å². The van der Waals surface area contributed by atoms with Gasteiger partial charge in [0.1, 0.15) is 11.6 Å². The van der Waals surface area contributed by atoms with Crippen molar-refractivity contribution in [3.05, 3.63) is 65.5 Å². The maximum absolute atomic E-state index is 13.7. The molecule has 8 heteroatoms. The van der Waals surface area contributed by atoms with Crippen molar-refractivity contribution in [2.24, 2.45) is 4.99 Å². The average molecular weight is 501 g/mol. The molecule has 1 aromatic carbocycles. The second-order valence-corrected chi connectivity index (χ2v) is 6.68. The molecule has 0 unspecified atom stereocenters. The molecule has 1 saturated heterocycles. The van der Waals surface area contributed by atoms with E-state index in [4.69, 9.17) is 0 Å². The molecular formula is C20H26F2IN5. The minimum absolute atomic E-state index is 0. The minimum atomic E-state index is -0.448. The third-order valence-electron chi connectivity index (χ3n) is 4.72.